The highest BCUT2D eigenvalue weighted by atomic mass is 16.5. The number of hydrogen-bond donors (Lipinski definition) is 2. The monoisotopic (exact) mass is 228 g/mol. The smallest absolute Gasteiger partial charge is 0.208 e. The quantitative estimate of drug-likeness (QED) is 0.246. The number of nitrogens with one attached hydrogen (secondary N) is 1. The van der Waals surface area contributed by atoms with Gasteiger partial charge in [0.1, 0.15) is 0 Å². The molecule has 94 valence electrons. The van der Waals surface area contributed by atoms with Gasteiger partial charge in [-0.15, -0.1) is 0 Å². The van der Waals surface area contributed by atoms with E-state index in [0.29, 0.717) is 0 Å². The molecule has 16 heavy (non-hydrogen) atoms. The summed E-state index contributed by atoms with van der Waals surface area (Å²) in [4.78, 5) is 6.66. The van der Waals surface area contributed by atoms with Crippen LogP contribution in [-0.2, 0) is 4.74 Å². The van der Waals surface area contributed by atoms with E-state index in [1.54, 1.807) is 0 Å². The second-order valence-electron chi connectivity index (χ2n) is 4.18. The molecule has 0 spiro atoms. The lowest BCUT2D eigenvalue weighted by atomic mass is 10.3. The third kappa shape index (κ3) is 4.37. The Balaban J connectivity index is 2.52. The minimum atomic E-state index is 0.243. The summed E-state index contributed by atoms with van der Waals surface area (Å²) >= 11 is 0. The molecule has 1 heterocycles. The summed E-state index contributed by atoms with van der Waals surface area (Å²) in [5, 5.41) is 0. The highest BCUT2D eigenvalue weighted by Crippen LogP contribution is 2.05. The summed E-state index contributed by atoms with van der Waals surface area (Å²) in [5.74, 6) is 6.32. The van der Waals surface area contributed by atoms with Crippen LogP contribution < -0.4 is 11.3 Å². The molecule has 5 heteroatoms. The Kier molecular flexibility index (Phi) is 6.18. The average Bonchev–Trinajstić information content (AvgIpc) is 2.49. The van der Waals surface area contributed by atoms with Gasteiger partial charge in [0.25, 0.3) is 0 Å². The van der Waals surface area contributed by atoms with Gasteiger partial charge in [-0.3, -0.25) is 10.4 Å². The van der Waals surface area contributed by atoms with Gasteiger partial charge in [-0.1, -0.05) is 13.3 Å². The first kappa shape index (κ1) is 13.3. The molecule has 0 aromatic carbocycles. The molecule has 1 saturated heterocycles. The second-order valence-corrected chi connectivity index (χ2v) is 4.18. The van der Waals surface area contributed by atoms with E-state index in [2.05, 4.69) is 29.2 Å². The Morgan fingerprint density at radius 1 is 1.62 bits per heavy atom. The van der Waals surface area contributed by atoms with Crippen molar-refractivity contribution >= 4 is 5.96 Å². The Hall–Kier alpha value is -0.810. The van der Waals surface area contributed by atoms with Crippen LogP contribution in [0.2, 0.25) is 0 Å². The normalized spacial score (nSPS) is 23.1. The zero-order valence-electron chi connectivity index (χ0n) is 10.4. The predicted octanol–water partition coefficient (Wildman–Crippen LogP) is 0.717. The average molecular weight is 228 g/mol. The number of guanidine groups is 1. The summed E-state index contributed by atoms with van der Waals surface area (Å²) in [7, 11) is 0. The van der Waals surface area contributed by atoms with E-state index in [1.165, 1.54) is 0 Å². The molecule has 0 aliphatic carbocycles. The van der Waals surface area contributed by atoms with Crippen molar-refractivity contribution in [3.63, 3.8) is 0 Å². The van der Waals surface area contributed by atoms with Crippen molar-refractivity contribution in [1.29, 1.82) is 0 Å². The van der Waals surface area contributed by atoms with Crippen LogP contribution in [0.5, 0.6) is 0 Å². The topological polar surface area (TPSA) is 62.9 Å². The number of ether oxygens (including phenoxy) is 1. The molecule has 0 aromatic heterocycles. The minimum Gasteiger partial charge on any atom is -0.377 e. The maximum absolute atomic E-state index is 5.59. The highest BCUT2D eigenvalue weighted by Gasteiger charge is 2.17. The summed E-state index contributed by atoms with van der Waals surface area (Å²) in [6.45, 7) is 7.71. The molecule has 1 atom stereocenters. The lowest BCUT2D eigenvalue weighted by molar-refractivity contribution is 0.0740. The molecular weight excluding hydrogens is 204 g/mol. The van der Waals surface area contributed by atoms with Crippen molar-refractivity contribution in [2.45, 2.75) is 39.2 Å². The fraction of sp³-hybridized carbons (Fsp3) is 0.909. The number of rotatable bonds is 3. The lowest BCUT2D eigenvalue weighted by Crippen LogP contribution is -2.47. The Labute approximate surface area is 98.0 Å². The third-order valence-corrected chi connectivity index (χ3v) is 2.65. The maximum atomic E-state index is 5.59. The number of aliphatic imine (C=N–C) groups is 1. The van der Waals surface area contributed by atoms with Gasteiger partial charge in [0.15, 0.2) is 0 Å². The Bertz CT molecular complexity index is 220. The first-order valence-corrected chi connectivity index (χ1v) is 6.15. The maximum Gasteiger partial charge on any atom is 0.208 e. The minimum absolute atomic E-state index is 0.243. The van der Waals surface area contributed by atoms with E-state index < -0.39 is 0 Å². The largest absolute Gasteiger partial charge is 0.377 e. The van der Waals surface area contributed by atoms with Gasteiger partial charge in [0, 0.05) is 26.2 Å². The zero-order valence-corrected chi connectivity index (χ0v) is 10.4. The first-order valence-electron chi connectivity index (χ1n) is 6.15. The van der Waals surface area contributed by atoms with Gasteiger partial charge in [0.05, 0.1) is 6.10 Å². The molecule has 1 aliphatic rings. The molecule has 3 N–H and O–H groups in total. The van der Waals surface area contributed by atoms with Crippen molar-refractivity contribution < 1.29 is 4.74 Å². The predicted molar refractivity (Wildman–Crippen MR) is 66.1 cm³/mol. The molecule has 0 saturated carbocycles. The van der Waals surface area contributed by atoms with Crippen molar-refractivity contribution in [1.82, 2.24) is 10.3 Å². The van der Waals surface area contributed by atoms with E-state index in [1.807, 2.05) is 0 Å². The summed E-state index contributed by atoms with van der Waals surface area (Å²) < 4.78 is 5.59. The summed E-state index contributed by atoms with van der Waals surface area (Å²) in [6.07, 6.45) is 3.53. The standard InChI is InChI=1S/C11H24N4O/c1-3-4-6-13-11(14-12)15-7-5-8-16-10(2)9-15/h10H,3-9,12H2,1-2H3,(H,13,14). The van der Waals surface area contributed by atoms with E-state index in [9.17, 15) is 0 Å². The number of unbranched alkanes of at least 4 members (excludes halogenated alkanes) is 1. The molecule has 0 aromatic rings. The molecule has 1 aliphatic heterocycles. The van der Waals surface area contributed by atoms with Crippen LogP contribution in [-0.4, -0.2) is 43.2 Å². The summed E-state index contributed by atoms with van der Waals surface area (Å²) in [6, 6.07) is 0. The van der Waals surface area contributed by atoms with Crippen LogP contribution in [0.1, 0.15) is 33.1 Å². The van der Waals surface area contributed by atoms with Crippen LogP contribution in [0, 0.1) is 0 Å². The van der Waals surface area contributed by atoms with Crippen LogP contribution in [0.15, 0.2) is 4.99 Å². The number of nitrogens with two attached hydrogens (primary N) is 1. The van der Waals surface area contributed by atoms with E-state index in [-0.39, 0.29) is 6.10 Å². The first-order chi connectivity index (χ1) is 7.77. The molecule has 0 amide bonds. The lowest BCUT2D eigenvalue weighted by Gasteiger charge is -2.25. The van der Waals surface area contributed by atoms with E-state index >= 15 is 0 Å². The Morgan fingerprint density at radius 3 is 3.12 bits per heavy atom. The van der Waals surface area contributed by atoms with Gasteiger partial charge in [-0.05, 0) is 19.8 Å². The third-order valence-electron chi connectivity index (χ3n) is 2.65. The van der Waals surface area contributed by atoms with Crippen LogP contribution >= 0.6 is 0 Å². The Morgan fingerprint density at radius 2 is 2.44 bits per heavy atom. The van der Waals surface area contributed by atoms with Gasteiger partial charge in [-0.2, -0.15) is 0 Å². The number of hydrazine groups is 1. The van der Waals surface area contributed by atoms with Gasteiger partial charge in [-0.25, -0.2) is 5.84 Å². The number of nitrogens with zero attached hydrogens (tertiary/aromatic N) is 2. The molecule has 0 bridgehead atoms. The van der Waals surface area contributed by atoms with E-state index in [0.717, 1.165) is 51.5 Å². The van der Waals surface area contributed by atoms with Crippen LogP contribution in [0.4, 0.5) is 0 Å². The molecule has 0 radical (unpaired) electrons. The van der Waals surface area contributed by atoms with Crippen LogP contribution in [0.3, 0.4) is 0 Å². The SMILES string of the molecule is CCCCN=C(NN)N1CCCOC(C)C1. The van der Waals surface area contributed by atoms with Crippen molar-refractivity contribution in [3.05, 3.63) is 0 Å². The van der Waals surface area contributed by atoms with Gasteiger partial charge >= 0.3 is 0 Å². The second kappa shape index (κ2) is 7.46. The fourth-order valence-corrected chi connectivity index (χ4v) is 1.77. The molecular formula is C11H24N4O. The molecule has 1 rings (SSSR count). The van der Waals surface area contributed by atoms with Crippen molar-refractivity contribution in [3.8, 4) is 0 Å². The summed E-state index contributed by atoms with van der Waals surface area (Å²) in [5.41, 5.74) is 2.70. The van der Waals surface area contributed by atoms with Gasteiger partial charge in [0.2, 0.25) is 5.96 Å². The highest BCUT2D eigenvalue weighted by molar-refractivity contribution is 5.79. The van der Waals surface area contributed by atoms with E-state index in [4.69, 9.17) is 10.6 Å². The van der Waals surface area contributed by atoms with Crippen molar-refractivity contribution in [2.24, 2.45) is 10.8 Å². The number of hydrogen-bond acceptors (Lipinski definition) is 3. The zero-order chi connectivity index (χ0) is 11.8. The van der Waals surface area contributed by atoms with Crippen LogP contribution in [0.25, 0.3) is 0 Å². The molecule has 1 fully saturated rings. The van der Waals surface area contributed by atoms with Gasteiger partial charge < -0.3 is 9.64 Å². The fourth-order valence-electron chi connectivity index (χ4n) is 1.77. The molecule has 1 unspecified atom stereocenters. The molecule has 5 nitrogen and oxygen atoms in total. The van der Waals surface area contributed by atoms with Crippen molar-refractivity contribution in [2.75, 3.05) is 26.2 Å².